The zero-order chi connectivity index (χ0) is 9.30. The van der Waals surface area contributed by atoms with Gasteiger partial charge in [0.1, 0.15) is 5.82 Å². The Morgan fingerprint density at radius 3 is 2.58 bits per heavy atom. The summed E-state index contributed by atoms with van der Waals surface area (Å²) in [6.07, 6.45) is 0. The quantitative estimate of drug-likeness (QED) is 0.809. The molecule has 1 aromatic carbocycles. The number of carboxylic acid groups (broad SMARTS) is 1. The van der Waals surface area contributed by atoms with Crippen LogP contribution in [0.4, 0.5) is 4.39 Å². The third kappa shape index (κ3) is 1.48. The van der Waals surface area contributed by atoms with Crippen molar-refractivity contribution in [3.05, 3.63) is 33.5 Å². The van der Waals surface area contributed by atoms with Gasteiger partial charge in [0.2, 0.25) is 0 Å². The maximum atomic E-state index is 12.8. The van der Waals surface area contributed by atoms with Crippen LogP contribution in [0.1, 0.15) is 15.9 Å². The number of rotatable bonds is 1. The van der Waals surface area contributed by atoms with Crippen LogP contribution in [0, 0.1) is 12.7 Å². The third-order valence-corrected chi connectivity index (χ3v) is 2.22. The van der Waals surface area contributed by atoms with E-state index in [1.54, 1.807) is 0 Å². The largest absolute Gasteiger partial charge is 0.478 e. The van der Waals surface area contributed by atoms with E-state index in [1.165, 1.54) is 19.1 Å². The molecule has 12 heavy (non-hydrogen) atoms. The molecule has 0 radical (unpaired) electrons. The summed E-state index contributed by atoms with van der Waals surface area (Å²) >= 11 is 3.03. The molecule has 0 saturated heterocycles. The molecule has 1 aromatic rings. The molecule has 0 unspecified atom stereocenters. The Balaban J connectivity index is 3.43. The fraction of sp³-hybridized carbons (Fsp3) is 0.125. The second-order valence-corrected chi connectivity index (χ2v) is 3.19. The SMILES string of the molecule is Cc1c(F)ccc(Br)c1C(=O)O. The second-order valence-electron chi connectivity index (χ2n) is 2.33. The van der Waals surface area contributed by atoms with E-state index in [0.29, 0.717) is 4.47 Å². The summed E-state index contributed by atoms with van der Waals surface area (Å²) < 4.78 is 13.2. The molecule has 1 rings (SSSR count). The van der Waals surface area contributed by atoms with Crippen LogP contribution in [-0.4, -0.2) is 11.1 Å². The molecular weight excluding hydrogens is 227 g/mol. The average molecular weight is 233 g/mol. The van der Waals surface area contributed by atoms with E-state index >= 15 is 0 Å². The summed E-state index contributed by atoms with van der Waals surface area (Å²) in [5, 5.41) is 8.67. The van der Waals surface area contributed by atoms with E-state index in [2.05, 4.69) is 15.9 Å². The predicted octanol–water partition coefficient (Wildman–Crippen LogP) is 2.59. The summed E-state index contributed by atoms with van der Waals surface area (Å²) in [5.41, 5.74) is 0.131. The molecule has 0 atom stereocenters. The number of halogens is 2. The van der Waals surface area contributed by atoms with Gasteiger partial charge in [0.25, 0.3) is 0 Å². The molecule has 1 N–H and O–H groups in total. The number of carbonyl (C=O) groups is 1. The Labute approximate surface area is 77.2 Å². The highest BCUT2D eigenvalue weighted by molar-refractivity contribution is 9.10. The van der Waals surface area contributed by atoms with Gasteiger partial charge in [-0.05, 0) is 35.0 Å². The van der Waals surface area contributed by atoms with Gasteiger partial charge < -0.3 is 5.11 Å². The number of benzene rings is 1. The van der Waals surface area contributed by atoms with E-state index in [-0.39, 0.29) is 11.1 Å². The lowest BCUT2D eigenvalue weighted by atomic mass is 10.1. The van der Waals surface area contributed by atoms with Gasteiger partial charge in [-0.25, -0.2) is 9.18 Å². The van der Waals surface area contributed by atoms with E-state index in [4.69, 9.17) is 5.11 Å². The van der Waals surface area contributed by atoms with E-state index < -0.39 is 11.8 Å². The highest BCUT2D eigenvalue weighted by Crippen LogP contribution is 2.22. The van der Waals surface area contributed by atoms with Crippen LogP contribution in [0.5, 0.6) is 0 Å². The summed E-state index contributed by atoms with van der Waals surface area (Å²) in [6, 6.07) is 2.61. The molecule has 4 heteroatoms. The lowest BCUT2D eigenvalue weighted by molar-refractivity contribution is 0.0694. The van der Waals surface area contributed by atoms with Gasteiger partial charge in [-0.2, -0.15) is 0 Å². The van der Waals surface area contributed by atoms with Crippen molar-refractivity contribution in [3.63, 3.8) is 0 Å². The first-order valence-electron chi connectivity index (χ1n) is 3.22. The number of carboxylic acids is 1. The zero-order valence-corrected chi connectivity index (χ0v) is 7.85. The first-order valence-corrected chi connectivity index (χ1v) is 4.01. The standard InChI is InChI=1S/C8H6BrFO2/c1-4-6(10)3-2-5(9)7(4)8(11)12/h2-3H,1H3,(H,11,12). The average Bonchev–Trinajstić information content (AvgIpc) is 1.97. The molecule has 0 bridgehead atoms. The summed E-state index contributed by atoms with van der Waals surface area (Å²) in [6.45, 7) is 1.43. The van der Waals surface area contributed by atoms with Crippen molar-refractivity contribution >= 4 is 21.9 Å². The molecular formula is C8H6BrFO2. The lowest BCUT2D eigenvalue weighted by Gasteiger charge is -2.03. The fourth-order valence-electron chi connectivity index (χ4n) is 0.916. The van der Waals surface area contributed by atoms with Gasteiger partial charge in [-0.3, -0.25) is 0 Å². The minimum atomic E-state index is -1.13. The lowest BCUT2D eigenvalue weighted by Crippen LogP contribution is -2.02. The van der Waals surface area contributed by atoms with E-state index in [1.807, 2.05) is 0 Å². The molecule has 0 amide bonds. The smallest absolute Gasteiger partial charge is 0.337 e. The highest BCUT2D eigenvalue weighted by atomic mass is 79.9. The number of aromatic carboxylic acids is 1. The van der Waals surface area contributed by atoms with Gasteiger partial charge in [0.15, 0.2) is 0 Å². The van der Waals surface area contributed by atoms with E-state index in [0.717, 1.165) is 0 Å². The summed E-state index contributed by atoms with van der Waals surface area (Å²) in [7, 11) is 0. The van der Waals surface area contributed by atoms with Crippen molar-refractivity contribution < 1.29 is 14.3 Å². The Morgan fingerprint density at radius 2 is 2.17 bits per heavy atom. The molecule has 0 saturated carbocycles. The minimum absolute atomic E-state index is 0.0185. The van der Waals surface area contributed by atoms with Crippen molar-refractivity contribution in [1.82, 2.24) is 0 Å². The van der Waals surface area contributed by atoms with Crippen LogP contribution in [0.25, 0.3) is 0 Å². The first-order chi connectivity index (χ1) is 5.54. The Bertz CT molecular complexity index is 336. The number of hydrogen-bond donors (Lipinski definition) is 1. The Kier molecular flexibility index (Phi) is 2.47. The molecule has 2 nitrogen and oxygen atoms in total. The molecule has 0 fully saturated rings. The molecule has 0 aliphatic heterocycles. The second kappa shape index (κ2) is 3.23. The first kappa shape index (κ1) is 9.19. The van der Waals surface area contributed by atoms with Crippen LogP contribution >= 0.6 is 15.9 Å². The monoisotopic (exact) mass is 232 g/mol. The molecule has 0 spiro atoms. The van der Waals surface area contributed by atoms with Gasteiger partial charge >= 0.3 is 5.97 Å². The van der Waals surface area contributed by atoms with Crippen LogP contribution < -0.4 is 0 Å². The van der Waals surface area contributed by atoms with Gasteiger partial charge in [0, 0.05) is 10.0 Å². The van der Waals surface area contributed by atoms with Crippen molar-refractivity contribution in [2.75, 3.05) is 0 Å². The van der Waals surface area contributed by atoms with Crippen molar-refractivity contribution in [3.8, 4) is 0 Å². The van der Waals surface area contributed by atoms with Crippen LogP contribution in [0.3, 0.4) is 0 Å². The van der Waals surface area contributed by atoms with Crippen molar-refractivity contribution in [1.29, 1.82) is 0 Å². The summed E-state index contributed by atoms with van der Waals surface area (Å²) in [5.74, 6) is -1.63. The maximum absolute atomic E-state index is 12.8. The maximum Gasteiger partial charge on any atom is 0.337 e. The normalized spacial score (nSPS) is 9.92. The fourth-order valence-corrected chi connectivity index (χ4v) is 1.51. The van der Waals surface area contributed by atoms with Crippen molar-refractivity contribution in [2.24, 2.45) is 0 Å². The molecule has 0 aromatic heterocycles. The van der Waals surface area contributed by atoms with Crippen LogP contribution in [0.15, 0.2) is 16.6 Å². The van der Waals surface area contributed by atoms with Crippen LogP contribution in [-0.2, 0) is 0 Å². The zero-order valence-electron chi connectivity index (χ0n) is 6.27. The number of hydrogen-bond acceptors (Lipinski definition) is 1. The topological polar surface area (TPSA) is 37.3 Å². The van der Waals surface area contributed by atoms with Crippen LogP contribution in [0.2, 0.25) is 0 Å². The predicted molar refractivity (Wildman–Crippen MR) is 45.8 cm³/mol. The molecule has 0 aliphatic rings. The van der Waals surface area contributed by atoms with E-state index in [9.17, 15) is 9.18 Å². The summed E-state index contributed by atoms with van der Waals surface area (Å²) in [4.78, 5) is 10.6. The minimum Gasteiger partial charge on any atom is -0.478 e. The van der Waals surface area contributed by atoms with Gasteiger partial charge in [-0.1, -0.05) is 0 Å². The van der Waals surface area contributed by atoms with Gasteiger partial charge in [0.05, 0.1) is 5.56 Å². The highest BCUT2D eigenvalue weighted by Gasteiger charge is 2.14. The Morgan fingerprint density at radius 1 is 1.58 bits per heavy atom. The third-order valence-electron chi connectivity index (χ3n) is 1.56. The Hall–Kier alpha value is -0.900. The molecule has 0 heterocycles. The van der Waals surface area contributed by atoms with Crippen molar-refractivity contribution in [2.45, 2.75) is 6.92 Å². The van der Waals surface area contributed by atoms with Gasteiger partial charge in [-0.15, -0.1) is 0 Å². The molecule has 64 valence electrons. The molecule has 0 aliphatic carbocycles.